The number of ether oxygens (including phenoxy) is 2. The Hall–Kier alpha value is -2.46. The summed E-state index contributed by atoms with van der Waals surface area (Å²) in [5, 5.41) is 1.06. The van der Waals surface area contributed by atoms with Gasteiger partial charge in [0.05, 0.1) is 7.11 Å². The van der Waals surface area contributed by atoms with Crippen LogP contribution in [0.1, 0.15) is 11.3 Å². The molecule has 1 aromatic heterocycles. The number of methoxy groups -OCH3 is 1. The van der Waals surface area contributed by atoms with Crippen LogP contribution in [0.25, 0.3) is 11.0 Å². The van der Waals surface area contributed by atoms with Gasteiger partial charge in [-0.15, -0.1) is 0 Å². The van der Waals surface area contributed by atoms with E-state index in [1.807, 2.05) is 48.5 Å². The van der Waals surface area contributed by atoms with E-state index < -0.39 is 0 Å². The maximum atomic E-state index is 5.77. The van der Waals surface area contributed by atoms with Crippen molar-refractivity contribution in [2.45, 2.75) is 13.2 Å². The Morgan fingerprint density at radius 1 is 1.00 bits per heavy atom. The molecule has 0 aliphatic rings. The minimum absolute atomic E-state index is 0.388. The van der Waals surface area contributed by atoms with E-state index in [9.17, 15) is 0 Å². The lowest BCUT2D eigenvalue weighted by Crippen LogP contribution is -1.94. The van der Waals surface area contributed by atoms with E-state index in [1.54, 1.807) is 7.11 Å². The first kappa shape index (κ1) is 13.5. The summed E-state index contributed by atoms with van der Waals surface area (Å²) in [7, 11) is 1.64. The van der Waals surface area contributed by atoms with Crippen LogP contribution in [0.15, 0.2) is 52.9 Å². The molecule has 108 valence electrons. The Balaban J connectivity index is 1.72. The molecule has 4 nitrogen and oxygen atoms in total. The Labute approximate surface area is 123 Å². The Morgan fingerprint density at radius 2 is 1.76 bits per heavy atom. The molecule has 0 fully saturated rings. The zero-order valence-electron chi connectivity index (χ0n) is 11.8. The fourth-order valence-electron chi connectivity index (χ4n) is 2.16. The standard InChI is InChI=1S/C17H17NO3/c1-19-14-4-6-15(7-5-14)20-11-16-9-13-3-2-12(10-18)8-17(13)21-16/h2-9H,10-11,18H2,1H3. The summed E-state index contributed by atoms with van der Waals surface area (Å²) in [5.74, 6) is 2.37. The zero-order chi connectivity index (χ0) is 14.7. The molecule has 0 saturated carbocycles. The van der Waals surface area contributed by atoms with E-state index in [1.165, 1.54) is 0 Å². The number of fused-ring (bicyclic) bond motifs is 1. The number of hydrogen-bond acceptors (Lipinski definition) is 4. The third-order valence-corrected chi connectivity index (χ3v) is 3.31. The lowest BCUT2D eigenvalue weighted by atomic mass is 10.2. The highest BCUT2D eigenvalue weighted by Gasteiger charge is 2.05. The molecule has 0 aliphatic carbocycles. The van der Waals surface area contributed by atoms with E-state index in [0.29, 0.717) is 13.2 Å². The van der Waals surface area contributed by atoms with Crippen LogP contribution in [0.4, 0.5) is 0 Å². The number of hydrogen-bond donors (Lipinski definition) is 1. The van der Waals surface area contributed by atoms with Crippen molar-refractivity contribution < 1.29 is 13.9 Å². The summed E-state index contributed by atoms with van der Waals surface area (Å²) in [6, 6.07) is 15.4. The fourth-order valence-corrected chi connectivity index (χ4v) is 2.16. The maximum Gasteiger partial charge on any atom is 0.146 e. The molecule has 0 aliphatic heterocycles. The van der Waals surface area contributed by atoms with E-state index in [2.05, 4.69) is 0 Å². The van der Waals surface area contributed by atoms with Crippen LogP contribution < -0.4 is 15.2 Å². The van der Waals surface area contributed by atoms with E-state index in [-0.39, 0.29) is 0 Å². The second kappa shape index (κ2) is 5.89. The van der Waals surface area contributed by atoms with Gasteiger partial charge in [0.25, 0.3) is 0 Å². The number of benzene rings is 2. The molecule has 0 radical (unpaired) electrons. The van der Waals surface area contributed by atoms with Crippen molar-refractivity contribution in [1.29, 1.82) is 0 Å². The number of furan rings is 1. The molecule has 21 heavy (non-hydrogen) atoms. The van der Waals surface area contributed by atoms with Crippen molar-refractivity contribution in [3.05, 3.63) is 59.9 Å². The minimum Gasteiger partial charge on any atom is -0.497 e. The lowest BCUT2D eigenvalue weighted by Gasteiger charge is -2.05. The first-order chi connectivity index (χ1) is 10.3. The van der Waals surface area contributed by atoms with Crippen LogP contribution in [0.2, 0.25) is 0 Å². The monoisotopic (exact) mass is 283 g/mol. The molecular weight excluding hydrogens is 266 g/mol. The molecule has 4 heteroatoms. The predicted octanol–water partition coefficient (Wildman–Crippen LogP) is 3.48. The van der Waals surface area contributed by atoms with Gasteiger partial charge in [-0.25, -0.2) is 0 Å². The van der Waals surface area contributed by atoms with Crippen molar-refractivity contribution in [1.82, 2.24) is 0 Å². The van der Waals surface area contributed by atoms with Gasteiger partial charge < -0.3 is 19.6 Å². The van der Waals surface area contributed by atoms with Crippen molar-refractivity contribution in [3.63, 3.8) is 0 Å². The molecule has 0 unspecified atom stereocenters. The minimum atomic E-state index is 0.388. The van der Waals surface area contributed by atoms with Crippen LogP contribution in [0, 0.1) is 0 Å². The molecule has 0 saturated heterocycles. The topological polar surface area (TPSA) is 57.6 Å². The quantitative estimate of drug-likeness (QED) is 0.779. The molecule has 3 rings (SSSR count). The normalized spacial score (nSPS) is 10.8. The zero-order valence-corrected chi connectivity index (χ0v) is 11.8. The van der Waals surface area contributed by atoms with Gasteiger partial charge in [0.15, 0.2) is 0 Å². The Kier molecular flexibility index (Phi) is 3.79. The third kappa shape index (κ3) is 3.01. The highest BCUT2D eigenvalue weighted by Crippen LogP contribution is 2.23. The molecule has 0 atom stereocenters. The summed E-state index contributed by atoms with van der Waals surface area (Å²) in [5.41, 5.74) is 7.52. The smallest absolute Gasteiger partial charge is 0.146 e. The van der Waals surface area contributed by atoms with Crippen LogP contribution >= 0.6 is 0 Å². The fraction of sp³-hybridized carbons (Fsp3) is 0.176. The van der Waals surface area contributed by atoms with Gasteiger partial charge in [-0.2, -0.15) is 0 Å². The summed E-state index contributed by atoms with van der Waals surface area (Å²) < 4.78 is 16.6. The third-order valence-electron chi connectivity index (χ3n) is 3.31. The van der Waals surface area contributed by atoms with Gasteiger partial charge in [-0.3, -0.25) is 0 Å². The van der Waals surface area contributed by atoms with Crippen LogP contribution in [-0.2, 0) is 13.2 Å². The van der Waals surface area contributed by atoms with Crippen LogP contribution in [0.5, 0.6) is 11.5 Å². The van der Waals surface area contributed by atoms with E-state index in [0.717, 1.165) is 33.8 Å². The molecular formula is C17H17NO3. The first-order valence-corrected chi connectivity index (χ1v) is 6.77. The highest BCUT2D eigenvalue weighted by molar-refractivity contribution is 5.78. The SMILES string of the molecule is COc1ccc(OCc2cc3ccc(CN)cc3o2)cc1. The number of rotatable bonds is 5. The van der Waals surface area contributed by atoms with Crippen molar-refractivity contribution in [2.24, 2.45) is 5.73 Å². The molecule has 3 aromatic rings. The van der Waals surface area contributed by atoms with E-state index >= 15 is 0 Å². The van der Waals surface area contributed by atoms with Crippen molar-refractivity contribution >= 4 is 11.0 Å². The molecule has 0 amide bonds. The predicted molar refractivity (Wildman–Crippen MR) is 81.4 cm³/mol. The lowest BCUT2D eigenvalue weighted by molar-refractivity contribution is 0.274. The van der Waals surface area contributed by atoms with Crippen LogP contribution in [-0.4, -0.2) is 7.11 Å². The Morgan fingerprint density at radius 3 is 2.48 bits per heavy atom. The molecule has 1 heterocycles. The summed E-state index contributed by atoms with van der Waals surface area (Å²) in [6.07, 6.45) is 0. The summed E-state index contributed by atoms with van der Waals surface area (Å²) in [4.78, 5) is 0. The molecule has 0 spiro atoms. The molecule has 2 N–H and O–H groups in total. The van der Waals surface area contributed by atoms with E-state index in [4.69, 9.17) is 19.6 Å². The van der Waals surface area contributed by atoms with Gasteiger partial charge in [-0.1, -0.05) is 12.1 Å². The molecule has 0 bridgehead atoms. The summed E-state index contributed by atoms with van der Waals surface area (Å²) >= 11 is 0. The maximum absolute atomic E-state index is 5.77. The molecule has 2 aromatic carbocycles. The van der Waals surface area contributed by atoms with Gasteiger partial charge in [0, 0.05) is 11.9 Å². The van der Waals surface area contributed by atoms with Gasteiger partial charge in [-0.05, 0) is 42.0 Å². The number of nitrogens with two attached hydrogens (primary N) is 1. The largest absolute Gasteiger partial charge is 0.497 e. The van der Waals surface area contributed by atoms with Crippen molar-refractivity contribution in [2.75, 3.05) is 7.11 Å². The van der Waals surface area contributed by atoms with Gasteiger partial charge >= 0.3 is 0 Å². The van der Waals surface area contributed by atoms with Crippen LogP contribution in [0.3, 0.4) is 0 Å². The average Bonchev–Trinajstić information content (AvgIpc) is 2.95. The highest BCUT2D eigenvalue weighted by atomic mass is 16.5. The van der Waals surface area contributed by atoms with Crippen molar-refractivity contribution in [3.8, 4) is 11.5 Å². The second-order valence-corrected chi connectivity index (χ2v) is 4.75. The second-order valence-electron chi connectivity index (χ2n) is 4.75. The first-order valence-electron chi connectivity index (χ1n) is 6.77. The average molecular weight is 283 g/mol. The van der Waals surface area contributed by atoms with Gasteiger partial charge in [0.2, 0.25) is 0 Å². The van der Waals surface area contributed by atoms with Gasteiger partial charge in [0.1, 0.15) is 29.4 Å². The Bertz CT molecular complexity index is 731. The summed E-state index contributed by atoms with van der Waals surface area (Å²) in [6.45, 7) is 0.896.